The second-order valence-corrected chi connectivity index (χ2v) is 8.89. The number of anilines is 1. The minimum absolute atomic E-state index is 0.289. The van der Waals surface area contributed by atoms with Crippen molar-refractivity contribution in [2.45, 2.75) is 47.0 Å². The smallest absolute Gasteiger partial charge is 0.257 e. The molecule has 0 aliphatic carbocycles. The Morgan fingerprint density at radius 2 is 1.69 bits per heavy atom. The van der Waals surface area contributed by atoms with E-state index in [1.54, 1.807) is 12.1 Å². The minimum Gasteiger partial charge on any atom is -0.490 e. The van der Waals surface area contributed by atoms with Crippen LogP contribution in [-0.2, 0) is 6.42 Å². The first-order valence-electron chi connectivity index (χ1n) is 11.5. The Kier molecular flexibility index (Phi) is 9.11. The normalized spacial score (nSPS) is 14.9. The van der Waals surface area contributed by atoms with Crippen molar-refractivity contribution in [1.29, 1.82) is 0 Å². The third-order valence-electron chi connectivity index (χ3n) is 5.38. The topological polar surface area (TPSA) is 85.8 Å². The molecule has 1 amide bonds. The largest absolute Gasteiger partial charge is 0.490 e. The van der Waals surface area contributed by atoms with Gasteiger partial charge in [0, 0.05) is 18.5 Å². The van der Waals surface area contributed by atoms with Gasteiger partial charge in [0.1, 0.15) is 5.01 Å². The molecule has 1 aliphatic heterocycles. The van der Waals surface area contributed by atoms with Crippen molar-refractivity contribution in [1.82, 2.24) is 15.1 Å². The number of likely N-dealkylation sites (tertiary alicyclic amines) is 1. The molecule has 2 aromatic rings. The van der Waals surface area contributed by atoms with Gasteiger partial charge in [0.25, 0.3) is 5.91 Å². The fourth-order valence-electron chi connectivity index (χ4n) is 3.63. The number of ether oxygens (including phenoxy) is 3. The van der Waals surface area contributed by atoms with Gasteiger partial charge in [-0.3, -0.25) is 10.1 Å². The third-order valence-corrected chi connectivity index (χ3v) is 6.28. The maximum atomic E-state index is 12.9. The number of aromatic nitrogens is 2. The molecule has 3 rings (SSSR count). The van der Waals surface area contributed by atoms with Crippen LogP contribution in [0.25, 0.3) is 0 Å². The molecule has 1 saturated heterocycles. The van der Waals surface area contributed by atoms with Gasteiger partial charge in [-0.05, 0) is 64.8 Å². The molecule has 1 fully saturated rings. The Balaban J connectivity index is 1.66. The molecule has 8 nitrogen and oxygen atoms in total. The number of nitrogens with one attached hydrogen (secondary N) is 1. The zero-order chi connectivity index (χ0) is 22.9. The lowest BCUT2D eigenvalue weighted by Gasteiger charge is -2.29. The Labute approximate surface area is 194 Å². The third kappa shape index (κ3) is 6.56. The van der Waals surface area contributed by atoms with E-state index in [1.807, 2.05) is 20.8 Å². The highest BCUT2D eigenvalue weighted by atomic mass is 32.1. The van der Waals surface area contributed by atoms with Crippen LogP contribution in [0.3, 0.4) is 0 Å². The lowest BCUT2D eigenvalue weighted by Crippen LogP contribution is -2.34. The highest BCUT2D eigenvalue weighted by Gasteiger charge is 2.20. The molecule has 0 bridgehead atoms. The predicted molar refractivity (Wildman–Crippen MR) is 126 cm³/mol. The summed E-state index contributed by atoms with van der Waals surface area (Å²) >= 11 is 1.42. The number of hydrogen-bond donors (Lipinski definition) is 1. The summed E-state index contributed by atoms with van der Waals surface area (Å²) in [6.45, 7) is 12.6. The zero-order valence-corrected chi connectivity index (χ0v) is 20.3. The van der Waals surface area contributed by atoms with Crippen molar-refractivity contribution in [2.24, 2.45) is 5.92 Å². The van der Waals surface area contributed by atoms with Crippen molar-refractivity contribution in [3.63, 3.8) is 0 Å². The monoisotopic (exact) mass is 462 g/mol. The minimum atomic E-state index is -0.289. The highest BCUT2D eigenvalue weighted by molar-refractivity contribution is 7.15. The highest BCUT2D eigenvalue weighted by Crippen LogP contribution is 2.39. The Morgan fingerprint density at radius 1 is 1.06 bits per heavy atom. The maximum absolute atomic E-state index is 12.9. The van der Waals surface area contributed by atoms with Crippen molar-refractivity contribution in [3.8, 4) is 17.2 Å². The number of nitrogens with zero attached hydrogens (tertiary/aromatic N) is 3. The van der Waals surface area contributed by atoms with Crippen LogP contribution in [0.2, 0.25) is 0 Å². The van der Waals surface area contributed by atoms with E-state index in [4.69, 9.17) is 14.2 Å². The van der Waals surface area contributed by atoms with E-state index in [2.05, 4.69) is 27.3 Å². The molecule has 32 heavy (non-hydrogen) atoms. The van der Waals surface area contributed by atoms with E-state index in [1.165, 1.54) is 24.2 Å². The van der Waals surface area contributed by atoms with Crippen LogP contribution in [0.1, 0.15) is 55.9 Å². The Morgan fingerprint density at radius 3 is 2.28 bits per heavy atom. The number of rotatable bonds is 11. The summed E-state index contributed by atoms with van der Waals surface area (Å²) < 4.78 is 17.1. The molecule has 1 N–H and O–H groups in total. The van der Waals surface area contributed by atoms with Gasteiger partial charge in [0.15, 0.2) is 11.5 Å². The van der Waals surface area contributed by atoms with Crippen LogP contribution in [0, 0.1) is 5.92 Å². The molecule has 176 valence electrons. The summed E-state index contributed by atoms with van der Waals surface area (Å²) in [6, 6.07) is 3.34. The molecule has 1 aliphatic rings. The number of piperidine rings is 1. The van der Waals surface area contributed by atoms with Gasteiger partial charge in [0.2, 0.25) is 10.9 Å². The molecule has 0 radical (unpaired) electrons. The van der Waals surface area contributed by atoms with Gasteiger partial charge >= 0.3 is 0 Å². The van der Waals surface area contributed by atoms with Gasteiger partial charge in [0.05, 0.1) is 19.8 Å². The van der Waals surface area contributed by atoms with Crippen molar-refractivity contribution in [3.05, 3.63) is 22.7 Å². The maximum Gasteiger partial charge on any atom is 0.257 e. The van der Waals surface area contributed by atoms with Gasteiger partial charge in [-0.1, -0.05) is 18.3 Å². The SMILES string of the molecule is CCOc1cc(C(=O)Nc2nnc(CCN3CCC(C)CC3)s2)cc(OCC)c1OCC. The standard InChI is InChI=1S/C23H34N4O4S/c1-5-29-18-14-17(15-19(30-6-2)21(18)31-7-3)22(28)24-23-26-25-20(32-23)10-13-27-11-8-16(4)9-12-27/h14-16H,5-13H2,1-4H3,(H,24,26,28). The molecule has 0 saturated carbocycles. The van der Waals surface area contributed by atoms with E-state index in [9.17, 15) is 4.79 Å². The summed E-state index contributed by atoms with van der Waals surface area (Å²) in [4.78, 5) is 15.4. The van der Waals surface area contributed by atoms with Gasteiger partial charge in [-0.2, -0.15) is 0 Å². The number of benzene rings is 1. The lowest BCUT2D eigenvalue weighted by molar-refractivity contribution is 0.102. The van der Waals surface area contributed by atoms with Gasteiger partial charge in [-0.15, -0.1) is 10.2 Å². The predicted octanol–water partition coefficient (Wildman–Crippen LogP) is 4.26. The molecular formula is C23H34N4O4S. The Hall–Kier alpha value is -2.39. The van der Waals surface area contributed by atoms with E-state index in [0.29, 0.717) is 47.8 Å². The fraction of sp³-hybridized carbons (Fsp3) is 0.609. The fourth-order valence-corrected chi connectivity index (χ4v) is 4.36. The van der Waals surface area contributed by atoms with Crippen LogP contribution in [-0.4, -0.2) is 60.5 Å². The van der Waals surface area contributed by atoms with Gasteiger partial charge in [-0.25, -0.2) is 0 Å². The first-order valence-corrected chi connectivity index (χ1v) is 12.3. The van der Waals surface area contributed by atoms with Crippen molar-refractivity contribution >= 4 is 22.4 Å². The second kappa shape index (κ2) is 12.0. The molecule has 0 spiro atoms. The average molecular weight is 463 g/mol. The molecule has 2 heterocycles. The van der Waals surface area contributed by atoms with E-state index in [0.717, 1.165) is 37.0 Å². The summed E-state index contributed by atoms with van der Waals surface area (Å²) in [5.74, 6) is 2.02. The number of hydrogen-bond acceptors (Lipinski definition) is 8. The van der Waals surface area contributed by atoms with Crippen LogP contribution in [0.4, 0.5) is 5.13 Å². The zero-order valence-electron chi connectivity index (χ0n) is 19.5. The average Bonchev–Trinajstić information content (AvgIpc) is 3.23. The summed E-state index contributed by atoms with van der Waals surface area (Å²) in [7, 11) is 0. The van der Waals surface area contributed by atoms with E-state index < -0.39 is 0 Å². The van der Waals surface area contributed by atoms with Crippen LogP contribution >= 0.6 is 11.3 Å². The summed E-state index contributed by atoms with van der Waals surface area (Å²) in [6.07, 6.45) is 3.36. The van der Waals surface area contributed by atoms with Crippen molar-refractivity contribution in [2.75, 3.05) is 44.8 Å². The van der Waals surface area contributed by atoms with Crippen molar-refractivity contribution < 1.29 is 19.0 Å². The van der Waals surface area contributed by atoms with E-state index in [-0.39, 0.29) is 5.91 Å². The first-order chi connectivity index (χ1) is 15.5. The molecular weight excluding hydrogens is 428 g/mol. The van der Waals surface area contributed by atoms with Crippen LogP contribution in [0.5, 0.6) is 17.2 Å². The van der Waals surface area contributed by atoms with E-state index >= 15 is 0 Å². The lowest BCUT2D eigenvalue weighted by atomic mass is 9.99. The number of carbonyl (C=O) groups is 1. The van der Waals surface area contributed by atoms with Crippen LogP contribution in [0.15, 0.2) is 12.1 Å². The summed E-state index contributed by atoms with van der Waals surface area (Å²) in [5, 5.41) is 12.7. The molecule has 0 atom stereocenters. The van der Waals surface area contributed by atoms with Gasteiger partial charge < -0.3 is 19.1 Å². The van der Waals surface area contributed by atoms with Crippen LogP contribution < -0.4 is 19.5 Å². The summed E-state index contributed by atoms with van der Waals surface area (Å²) in [5.41, 5.74) is 0.416. The Bertz CT molecular complexity index is 854. The molecule has 1 aromatic carbocycles. The molecule has 0 unspecified atom stereocenters. The first kappa shape index (κ1) is 24.3. The molecule has 1 aromatic heterocycles. The quantitative estimate of drug-likeness (QED) is 0.534. The number of carbonyl (C=O) groups excluding carboxylic acids is 1. The molecule has 9 heteroatoms. The second-order valence-electron chi connectivity index (χ2n) is 7.83. The number of amides is 1.